The Morgan fingerprint density at radius 3 is 2.68 bits per heavy atom. The van der Waals surface area contributed by atoms with Crippen LogP contribution in [0.2, 0.25) is 0 Å². The number of ether oxygens (including phenoxy) is 1. The monoisotopic (exact) mass is 364 g/mol. The van der Waals surface area contributed by atoms with Crippen LogP contribution in [0, 0.1) is 0 Å². The van der Waals surface area contributed by atoms with Crippen LogP contribution in [0.15, 0.2) is 27.0 Å². The standard InChI is InChI=1S/C9H9BrN4O3S2/c1-17-7-3-5(10)2-6(4-7)14-19(15,16)9-13-12-8(11)18-9/h2-4,14H,1H3,(H2,11,12). The minimum absolute atomic E-state index is 0.0900. The van der Waals surface area contributed by atoms with Gasteiger partial charge in [0.05, 0.1) is 12.8 Å². The lowest BCUT2D eigenvalue weighted by Gasteiger charge is -2.07. The van der Waals surface area contributed by atoms with E-state index in [-0.39, 0.29) is 9.47 Å². The number of anilines is 2. The van der Waals surface area contributed by atoms with Gasteiger partial charge in [-0.1, -0.05) is 27.3 Å². The van der Waals surface area contributed by atoms with E-state index in [1.807, 2.05) is 0 Å². The molecule has 0 saturated heterocycles. The summed E-state index contributed by atoms with van der Waals surface area (Å²) in [6.07, 6.45) is 0. The zero-order valence-corrected chi connectivity index (χ0v) is 12.8. The van der Waals surface area contributed by atoms with Crippen molar-refractivity contribution in [3.63, 3.8) is 0 Å². The van der Waals surface area contributed by atoms with Crippen LogP contribution in [0.3, 0.4) is 0 Å². The molecule has 0 aliphatic carbocycles. The maximum absolute atomic E-state index is 12.0. The van der Waals surface area contributed by atoms with E-state index in [9.17, 15) is 8.42 Å². The lowest BCUT2D eigenvalue weighted by Crippen LogP contribution is -2.12. The van der Waals surface area contributed by atoms with Crippen molar-refractivity contribution in [1.29, 1.82) is 0 Å². The fourth-order valence-corrected chi connectivity index (χ4v) is 3.57. The van der Waals surface area contributed by atoms with Crippen molar-refractivity contribution in [3.05, 3.63) is 22.7 Å². The van der Waals surface area contributed by atoms with Gasteiger partial charge in [-0.2, -0.15) is 8.42 Å². The molecule has 7 nitrogen and oxygen atoms in total. The molecule has 102 valence electrons. The van der Waals surface area contributed by atoms with Gasteiger partial charge >= 0.3 is 0 Å². The fourth-order valence-electron chi connectivity index (χ4n) is 1.27. The number of hydrogen-bond donors (Lipinski definition) is 2. The molecule has 0 atom stereocenters. The van der Waals surface area contributed by atoms with Crippen molar-refractivity contribution >= 4 is 48.1 Å². The third-order valence-corrected chi connectivity index (χ3v) is 4.97. The number of methoxy groups -OCH3 is 1. The highest BCUT2D eigenvalue weighted by Gasteiger charge is 2.20. The molecule has 2 aromatic rings. The SMILES string of the molecule is COc1cc(Br)cc(NS(=O)(=O)c2nnc(N)s2)c1. The first kappa shape index (κ1) is 14.0. The summed E-state index contributed by atoms with van der Waals surface area (Å²) in [6.45, 7) is 0. The Bertz CT molecular complexity index is 701. The molecule has 0 bridgehead atoms. The number of aromatic nitrogens is 2. The molecule has 3 N–H and O–H groups in total. The Kier molecular flexibility index (Phi) is 3.92. The highest BCUT2D eigenvalue weighted by molar-refractivity contribution is 9.10. The lowest BCUT2D eigenvalue weighted by molar-refractivity contribution is 0.415. The maximum atomic E-state index is 12.0. The Labute approximate surface area is 122 Å². The summed E-state index contributed by atoms with van der Waals surface area (Å²) in [5.74, 6) is 0.517. The van der Waals surface area contributed by atoms with Gasteiger partial charge in [0.2, 0.25) is 5.13 Å². The number of nitrogens with two attached hydrogens (primary N) is 1. The van der Waals surface area contributed by atoms with E-state index in [1.165, 1.54) is 7.11 Å². The molecule has 19 heavy (non-hydrogen) atoms. The summed E-state index contributed by atoms with van der Waals surface area (Å²) in [5.41, 5.74) is 5.71. The minimum atomic E-state index is -3.80. The maximum Gasteiger partial charge on any atom is 0.291 e. The second-order valence-electron chi connectivity index (χ2n) is 3.39. The molecule has 2 rings (SSSR count). The molecule has 0 saturated carbocycles. The van der Waals surface area contributed by atoms with E-state index in [1.54, 1.807) is 18.2 Å². The second kappa shape index (κ2) is 5.31. The number of nitrogens with one attached hydrogen (secondary N) is 1. The molecule has 0 aliphatic heterocycles. The average Bonchev–Trinajstić information content (AvgIpc) is 2.75. The quantitative estimate of drug-likeness (QED) is 0.854. The summed E-state index contributed by atoms with van der Waals surface area (Å²) < 4.78 is 31.9. The van der Waals surface area contributed by atoms with E-state index < -0.39 is 10.0 Å². The average molecular weight is 365 g/mol. The number of hydrogen-bond acceptors (Lipinski definition) is 7. The van der Waals surface area contributed by atoms with Crippen molar-refractivity contribution in [2.45, 2.75) is 4.34 Å². The molecule has 1 heterocycles. The normalized spacial score (nSPS) is 11.3. The van der Waals surface area contributed by atoms with Crippen LogP contribution < -0.4 is 15.2 Å². The van der Waals surface area contributed by atoms with Crippen LogP contribution in [0.5, 0.6) is 5.75 Å². The number of nitrogen functional groups attached to an aromatic ring is 1. The van der Waals surface area contributed by atoms with Crippen LogP contribution >= 0.6 is 27.3 Å². The van der Waals surface area contributed by atoms with E-state index in [2.05, 4.69) is 30.8 Å². The molecule has 0 aliphatic rings. The second-order valence-corrected chi connectivity index (χ2v) is 7.17. The van der Waals surface area contributed by atoms with Crippen LogP contribution in [0.25, 0.3) is 0 Å². The molecule has 0 radical (unpaired) electrons. The molecule has 0 amide bonds. The number of halogens is 1. The van der Waals surface area contributed by atoms with Gasteiger partial charge in [-0.3, -0.25) is 4.72 Å². The predicted octanol–water partition coefficient (Wildman–Crippen LogP) is 1.69. The highest BCUT2D eigenvalue weighted by Crippen LogP contribution is 2.27. The van der Waals surface area contributed by atoms with E-state index in [0.29, 0.717) is 15.9 Å². The van der Waals surface area contributed by atoms with Gasteiger partial charge in [0.15, 0.2) is 0 Å². The zero-order valence-electron chi connectivity index (χ0n) is 9.62. The van der Waals surface area contributed by atoms with Crippen molar-refractivity contribution in [2.24, 2.45) is 0 Å². The molecule has 10 heteroatoms. The first-order valence-electron chi connectivity index (χ1n) is 4.87. The lowest BCUT2D eigenvalue weighted by atomic mass is 10.3. The van der Waals surface area contributed by atoms with Gasteiger partial charge in [0.1, 0.15) is 5.75 Å². The van der Waals surface area contributed by atoms with Crippen LogP contribution in [0.1, 0.15) is 0 Å². The van der Waals surface area contributed by atoms with Crippen LogP contribution in [0.4, 0.5) is 10.8 Å². The van der Waals surface area contributed by atoms with Gasteiger partial charge in [0, 0.05) is 10.5 Å². The molecule has 1 aromatic carbocycles. The van der Waals surface area contributed by atoms with Crippen molar-refractivity contribution in [2.75, 3.05) is 17.6 Å². The summed E-state index contributed by atoms with van der Waals surface area (Å²) >= 11 is 4.05. The van der Waals surface area contributed by atoms with Crippen molar-refractivity contribution in [3.8, 4) is 5.75 Å². The summed E-state index contributed by atoms with van der Waals surface area (Å²) in [7, 11) is -2.30. The van der Waals surface area contributed by atoms with Gasteiger partial charge in [0.25, 0.3) is 14.4 Å². The fraction of sp³-hybridized carbons (Fsp3) is 0.111. The third-order valence-electron chi connectivity index (χ3n) is 2.01. The minimum Gasteiger partial charge on any atom is -0.497 e. The molecular formula is C9H9BrN4O3S2. The summed E-state index contributed by atoms with van der Waals surface area (Å²) in [4.78, 5) is 0. The summed E-state index contributed by atoms with van der Waals surface area (Å²) in [6, 6.07) is 4.86. The van der Waals surface area contributed by atoms with Gasteiger partial charge < -0.3 is 10.5 Å². The van der Waals surface area contributed by atoms with Gasteiger partial charge in [-0.15, -0.1) is 10.2 Å². The third kappa shape index (κ3) is 3.33. The number of rotatable bonds is 4. The number of nitrogens with zero attached hydrogens (tertiary/aromatic N) is 2. The summed E-state index contributed by atoms with van der Waals surface area (Å²) in [5, 5.41) is 7.06. The Balaban J connectivity index is 2.32. The van der Waals surface area contributed by atoms with Crippen LogP contribution in [-0.2, 0) is 10.0 Å². The zero-order chi connectivity index (χ0) is 14.0. The molecule has 0 spiro atoms. The van der Waals surface area contributed by atoms with Crippen LogP contribution in [-0.4, -0.2) is 25.7 Å². The van der Waals surface area contributed by atoms with E-state index in [0.717, 1.165) is 11.3 Å². The Morgan fingerprint density at radius 1 is 1.37 bits per heavy atom. The van der Waals surface area contributed by atoms with Gasteiger partial charge in [-0.25, -0.2) is 0 Å². The van der Waals surface area contributed by atoms with Gasteiger partial charge in [-0.05, 0) is 12.1 Å². The molecular weight excluding hydrogens is 356 g/mol. The number of sulfonamides is 1. The Hall–Kier alpha value is -1.39. The topological polar surface area (TPSA) is 107 Å². The predicted molar refractivity (Wildman–Crippen MR) is 75.8 cm³/mol. The molecule has 1 aromatic heterocycles. The van der Waals surface area contributed by atoms with E-state index >= 15 is 0 Å². The molecule has 0 unspecified atom stereocenters. The first-order valence-corrected chi connectivity index (χ1v) is 7.96. The smallest absolute Gasteiger partial charge is 0.291 e. The number of benzene rings is 1. The van der Waals surface area contributed by atoms with Crippen molar-refractivity contribution in [1.82, 2.24) is 10.2 Å². The van der Waals surface area contributed by atoms with Crippen molar-refractivity contribution < 1.29 is 13.2 Å². The van der Waals surface area contributed by atoms with E-state index in [4.69, 9.17) is 10.5 Å². The largest absolute Gasteiger partial charge is 0.497 e. The molecule has 0 fully saturated rings. The first-order chi connectivity index (χ1) is 8.90. The highest BCUT2D eigenvalue weighted by atomic mass is 79.9. The Morgan fingerprint density at radius 2 is 2.11 bits per heavy atom.